The summed E-state index contributed by atoms with van der Waals surface area (Å²) in [6.45, 7) is 4.61. The average Bonchev–Trinajstić information content (AvgIpc) is 2.88. The Morgan fingerprint density at radius 2 is 2.22 bits per heavy atom. The van der Waals surface area contributed by atoms with Crippen LogP contribution >= 0.6 is 11.6 Å². The summed E-state index contributed by atoms with van der Waals surface area (Å²) in [6.07, 6.45) is 3.30. The minimum absolute atomic E-state index is 0.444. The Labute approximate surface area is 111 Å². The van der Waals surface area contributed by atoms with Gasteiger partial charge >= 0.3 is 0 Å². The van der Waals surface area contributed by atoms with Gasteiger partial charge < -0.3 is 5.11 Å². The average molecular weight is 269 g/mol. The van der Waals surface area contributed by atoms with Gasteiger partial charge in [0.1, 0.15) is 0 Å². The van der Waals surface area contributed by atoms with Crippen molar-refractivity contribution in [2.75, 3.05) is 0 Å². The third-order valence-electron chi connectivity index (χ3n) is 2.95. The number of aliphatic hydroxyl groups excluding tert-OH is 1. The second kappa shape index (κ2) is 5.12. The molecule has 0 aromatic carbocycles. The Morgan fingerprint density at radius 3 is 2.78 bits per heavy atom. The molecular formula is C12H17ClN4O. The summed E-state index contributed by atoms with van der Waals surface area (Å²) >= 11 is 6.21. The molecule has 0 aliphatic heterocycles. The van der Waals surface area contributed by atoms with Crippen molar-refractivity contribution in [3.8, 4) is 0 Å². The summed E-state index contributed by atoms with van der Waals surface area (Å²) in [6, 6.07) is 0. The second-order valence-electron chi connectivity index (χ2n) is 4.33. The molecule has 0 spiro atoms. The zero-order valence-electron chi connectivity index (χ0n) is 10.8. The van der Waals surface area contributed by atoms with E-state index in [1.807, 2.05) is 25.6 Å². The number of halogens is 1. The summed E-state index contributed by atoms with van der Waals surface area (Å²) in [5.41, 5.74) is 2.45. The summed E-state index contributed by atoms with van der Waals surface area (Å²) in [5, 5.41) is 19.2. The fourth-order valence-corrected chi connectivity index (χ4v) is 2.19. The summed E-state index contributed by atoms with van der Waals surface area (Å²) < 4.78 is 3.50. The van der Waals surface area contributed by atoms with Gasteiger partial charge in [0.25, 0.3) is 0 Å². The summed E-state index contributed by atoms with van der Waals surface area (Å²) in [4.78, 5) is 0. The van der Waals surface area contributed by atoms with E-state index in [9.17, 15) is 5.11 Å². The summed E-state index contributed by atoms with van der Waals surface area (Å²) in [7, 11) is 1.82. The fraction of sp³-hybridized carbons (Fsp3) is 0.500. The number of rotatable bonds is 4. The third-order valence-corrected chi connectivity index (χ3v) is 3.44. The molecule has 6 heteroatoms. The number of aromatic nitrogens is 4. The molecule has 0 saturated heterocycles. The highest BCUT2D eigenvalue weighted by Crippen LogP contribution is 2.25. The van der Waals surface area contributed by atoms with Crippen molar-refractivity contribution in [3.63, 3.8) is 0 Å². The Balaban J connectivity index is 2.23. The lowest BCUT2D eigenvalue weighted by atomic mass is 10.1. The molecule has 0 fully saturated rings. The standard InChI is InChI=1S/C12H17ClN4O/c1-4-17-10(12(13)8(2)15-17)5-11(18)9-6-14-16(3)7-9/h6-7,11,18H,4-5H2,1-3H3. The Kier molecular flexibility index (Phi) is 3.73. The molecule has 2 heterocycles. The maximum atomic E-state index is 10.2. The molecule has 5 nitrogen and oxygen atoms in total. The highest BCUT2D eigenvalue weighted by atomic mass is 35.5. The van der Waals surface area contributed by atoms with E-state index >= 15 is 0 Å². The van der Waals surface area contributed by atoms with Crippen molar-refractivity contribution in [3.05, 3.63) is 34.4 Å². The second-order valence-corrected chi connectivity index (χ2v) is 4.71. The van der Waals surface area contributed by atoms with E-state index in [0.717, 1.165) is 23.5 Å². The van der Waals surface area contributed by atoms with E-state index in [4.69, 9.17) is 11.6 Å². The van der Waals surface area contributed by atoms with E-state index in [2.05, 4.69) is 10.2 Å². The number of aryl methyl sites for hydroxylation is 3. The predicted molar refractivity (Wildman–Crippen MR) is 69.5 cm³/mol. The molecule has 0 saturated carbocycles. The predicted octanol–water partition coefficient (Wildman–Crippen LogP) is 1.87. The Morgan fingerprint density at radius 1 is 1.50 bits per heavy atom. The smallest absolute Gasteiger partial charge is 0.0876 e. The first-order chi connectivity index (χ1) is 8.52. The zero-order chi connectivity index (χ0) is 13.3. The van der Waals surface area contributed by atoms with Crippen LogP contribution in [0.15, 0.2) is 12.4 Å². The van der Waals surface area contributed by atoms with Crippen molar-refractivity contribution in [1.29, 1.82) is 0 Å². The number of hydrogen-bond acceptors (Lipinski definition) is 3. The van der Waals surface area contributed by atoms with Crippen LogP contribution in [0, 0.1) is 6.92 Å². The monoisotopic (exact) mass is 268 g/mol. The van der Waals surface area contributed by atoms with Crippen LogP contribution in [-0.2, 0) is 20.0 Å². The molecule has 0 aliphatic carbocycles. The molecule has 0 bridgehead atoms. The molecule has 0 aliphatic rings. The van der Waals surface area contributed by atoms with Crippen LogP contribution in [0.4, 0.5) is 0 Å². The molecular weight excluding hydrogens is 252 g/mol. The van der Waals surface area contributed by atoms with Crippen LogP contribution in [0.2, 0.25) is 5.02 Å². The van der Waals surface area contributed by atoms with Gasteiger partial charge in [-0.25, -0.2) is 0 Å². The van der Waals surface area contributed by atoms with Gasteiger partial charge in [-0.05, 0) is 13.8 Å². The first-order valence-corrected chi connectivity index (χ1v) is 6.29. The SMILES string of the molecule is CCn1nc(C)c(Cl)c1CC(O)c1cnn(C)c1. The molecule has 2 aromatic rings. The minimum atomic E-state index is -0.613. The largest absolute Gasteiger partial charge is 0.388 e. The van der Waals surface area contributed by atoms with Crippen LogP contribution in [0.1, 0.15) is 30.0 Å². The topological polar surface area (TPSA) is 55.9 Å². The van der Waals surface area contributed by atoms with Crippen LogP contribution in [0.25, 0.3) is 0 Å². The lowest BCUT2D eigenvalue weighted by Crippen LogP contribution is -2.08. The van der Waals surface area contributed by atoms with Crippen molar-refractivity contribution in [2.45, 2.75) is 32.9 Å². The normalized spacial score (nSPS) is 12.9. The molecule has 0 amide bonds. The maximum absolute atomic E-state index is 10.2. The van der Waals surface area contributed by atoms with Gasteiger partial charge in [0, 0.05) is 31.8 Å². The van der Waals surface area contributed by atoms with E-state index in [1.54, 1.807) is 17.1 Å². The fourth-order valence-electron chi connectivity index (χ4n) is 1.98. The zero-order valence-corrected chi connectivity index (χ0v) is 11.5. The molecule has 18 heavy (non-hydrogen) atoms. The quantitative estimate of drug-likeness (QED) is 0.921. The maximum Gasteiger partial charge on any atom is 0.0876 e. The van der Waals surface area contributed by atoms with E-state index < -0.39 is 6.10 Å². The van der Waals surface area contributed by atoms with Crippen LogP contribution < -0.4 is 0 Å². The minimum Gasteiger partial charge on any atom is -0.388 e. The van der Waals surface area contributed by atoms with Crippen LogP contribution in [-0.4, -0.2) is 24.7 Å². The molecule has 2 rings (SSSR count). The van der Waals surface area contributed by atoms with Crippen molar-refractivity contribution in [2.24, 2.45) is 7.05 Å². The van der Waals surface area contributed by atoms with Gasteiger partial charge in [-0.15, -0.1) is 0 Å². The molecule has 2 aromatic heterocycles. The lowest BCUT2D eigenvalue weighted by molar-refractivity contribution is 0.175. The molecule has 1 N–H and O–H groups in total. The summed E-state index contributed by atoms with van der Waals surface area (Å²) in [5.74, 6) is 0. The molecule has 0 radical (unpaired) electrons. The Hall–Kier alpha value is -1.33. The lowest BCUT2D eigenvalue weighted by Gasteiger charge is -2.10. The van der Waals surface area contributed by atoms with Gasteiger partial charge in [-0.1, -0.05) is 11.6 Å². The van der Waals surface area contributed by atoms with Crippen LogP contribution in [0.5, 0.6) is 0 Å². The molecule has 98 valence electrons. The third kappa shape index (κ3) is 2.42. The highest BCUT2D eigenvalue weighted by Gasteiger charge is 2.18. The first-order valence-electron chi connectivity index (χ1n) is 5.91. The molecule has 1 unspecified atom stereocenters. The first kappa shape index (κ1) is 13.1. The van der Waals surface area contributed by atoms with E-state index in [0.29, 0.717) is 11.4 Å². The van der Waals surface area contributed by atoms with Crippen molar-refractivity contribution >= 4 is 11.6 Å². The number of aliphatic hydroxyl groups is 1. The Bertz CT molecular complexity index is 546. The van der Waals surface area contributed by atoms with Crippen LogP contribution in [0.3, 0.4) is 0 Å². The number of hydrogen-bond donors (Lipinski definition) is 1. The van der Waals surface area contributed by atoms with Gasteiger partial charge in [-0.3, -0.25) is 9.36 Å². The van der Waals surface area contributed by atoms with Gasteiger partial charge in [0.05, 0.1) is 28.7 Å². The van der Waals surface area contributed by atoms with Gasteiger partial charge in [0.15, 0.2) is 0 Å². The van der Waals surface area contributed by atoms with E-state index in [-0.39, 0.29) is 0 Å². The van der Waals surface area contributed by atoms with Gasteiger partial charge in [0.2, 0.25) is 0 Å². The van der Waals surface area contributed by atoms with Crippen molar-refractivity contribution in [1.82, 2.24) is 19.6 Å². The molecule has 1 atom stereocenters. The highest BCUT2D eigenvalue weighted by molar-refractivity contribution is 6.31. The van der Waals surface area contributed by atoms with Crippen molar-refractivity contribution < 1.29 is 5.11 Å². The number of nitrogens with zero attached hydrogens (tertiary/aromatic N) is 4. The van der Waals surface area contributed by atoms with E-state index in [1.165, 1.54) is 0 Å². The van der Waals surface area contributed by atoms with Gasteiger partial charge in [-0.2, -0.15) is 10.2 Å².